The fourth-order valence-electron chi connectivity index (χ4n) is 2.06. The highest BCUT2D eigenvalue weighted by Gasteiger charge is 2.14. The lowest BCUT2D eigenvalue weighted by Gasteiger charge is -2.06. The van der Waals surface area contributed by atoms with Crippen molar-refractivity contribution in [3.8, 4) is 0 Å². The lowest BCUT2D eigenvalue weighted by Crippen LogP contribution is -2.21. The summed E-state index contributed by atoms with van der Waals surface area (Å²) in [6.07, 6.45) is -0.105. The Morgan fingerprint density at radius 1 is 1.26 bits per heavy atom. The largest absolute Gasteiger partial charge is 0.326 e. The van der Waals surface area contributed by atoms with Gasteiger partial charge in [-0.05, 0) is 47.1 Å². The van der Waals surface area contributed by atoms with E-state index in [-0.39, 0.29) is 22.8 Å². The average molecular weight is 454 g/mol. The minimum absolute atomic E-state index is 0.0227. The topological polar surface area (TPSA) is 114 Å². The second-order valence-electron chi connectivity index (χ2n) is 5.42. The van der Waals surface area contributed by atoms with E-state index in [2.05, 4.69) is 31.8 Å². The molecule has 2 N–H and O–H groups in total. The predicted molar refractivity (Wildman–Crippen MR) is 106 cm³/mol. The van der Waals surface area contributed by atoms with E-state index in [1.807, 2.05) is 0 Å². The van der Waals surface area contributed by atoms with Crippen LogP contribution in [0.2, 0.25) is 5.02 Å². The maximum atomic E-state index is 12.1. The van der Waals surface area contributed by atoms with Gasteiger partial charge in [0.05, 0.1) is 16.9 Å². The van der Waals surface area contributed by atoms with Crippen molar-refractivity contribution in [3.05, 3.63) is 67.6 Å². The number of benzene rings is 2. The van der Waals surface area contributed by atoms with Gasteiger partial charge >= 0.3 is 0 Å². The van der Waals surface area contributed by atoms with Crippen molar-refractivity contribution in [2.75, 3.05) is 5.32 Å². The van der Waals surface area contributed by atoms with E-state index in [1.54, 1.807) is 31.2 Å². The summed E-state index contributed by atoms with van der Waals surface area (Å²) in [6, 6.07) is 10.8. The molecule has 0 atom stereocenters. The summed E-state index contributed by atoms with van der Waals surface area (Å²) in [5.74, 6) is -0.862. The van der Waals surface area contributed by atoms with Gasteiger partial charge < -0.3 is 5.32 Å². The van der Waals surface area contributed by atoms with Crippen LogP contribution >= 0.6 is 27.5 Å². The first-order valence-corrected chi connectivity index (χ1v) is 8.77. The Morgan fingerprint density at radius 2 is 1.96 bits per heavy atom. The van der Waals surface area contributed by atoms with Crippen LogP contribution in [-0.4, -0.2) is 22.4 Å². The highest BCUT2D eigenvalue weighted by molar-refractivity contribution is 9.10. The second-order valence-corrected chi connectivity index (χ2v) is 6.68. The number of halogens is 2. The summed E-state index contributed by atoms with van der Waals surface area (Å²) in [5.41, 5.74) is 3.07. The van der Waals surface area contributed by atoms with E-state index in [0.29, 0.717) is 15.7 Å². The Labute approximate surface area is 167 Å². The Balaban J connectivity index is 1.96. The monoisotopic (exact) mass is 452 g/mol. The van der Waals surface area contributed by atoms with Crippen LogP contribution in [0.25, 0.3) is 0 Å². The van der Waals surface area contributed by atoms with Gasteiger partial charge in [0.1, 0.15) is 5.02 Å². The van der Waals surface area contributed by atoms with E-state index < -0.39 is 16.7 Å². The molecule has 0 saturated heterocycles. The molecule has 0 aliphatic heterocycles. The number of carbonyl (C=O) groups excluding carboxylic acids is 2. The molecular weight excluding hydrogens is 440 g/mol. The van der Waals surface area contributed by atoms with Crippen molar-refractivity contribution < 1.29 is 14.5 Å². The average Bonchev–Trinajstić information content (AvgIpc) is 2.61. The molecule has 2 rings (SSSR count). The van der Waals surface area contributed by atoms with Gasteiger partial charge in [0.25, 0.3) is 11.6 Å². The summed E-state index contributed by atoms with van der Waals surface area (Å²) in [6.45, 7) is 1.57. The molecular formula is C17H14BrClN4O4. The predicted octanol–water partition coefficient (Wildman–Crippen LogP) is 4.15. The van der Waals surface area contributed by atoms with Crippen LogP contribution in [0.15, 0.2) is 52.0 Å². The summed E-state index contributed by atoms with van der Waals surface area (Å²) in [4.78, 5) is 34.3. The van der Waals surface area contributed by atoms with Gasteiger partial charge in [-0.2, -0.15) is 5.10 Å². The number of hydrogen-bond donors (Lipinski definition) is 2. The smallest absolute Gasteiger partial charge is 0.289 e. The zero-order chi connectivity index (χ0) is 20.0. The highest BCUT2D eigenvalue weighted by atomic mass is 79.9. The summed E-state index contributed by atoms with van der Waals surface area (Å²) in [7, 11) is 0. The van der Waals surface area contributed by atoms with Gasteiger partial charge in [0.2, 0.25) is 5.91 Å². The molecule has 0 radical (unpaired) electrons. The molecule has 0 unspecified atom stereocenters. The van der Waals surface area contributed by atoms with E-state index in [1.165, 1.54) is 18.2 Å². The molecule has 0 aliphatic rings. The van der Waals surface area contributed by atoms with Gasteiger partial charge in [-0.3, -0.25) is 19.7 Å². The van der Waals surface area contributed by atoms with Crippen LogP contribution in [0.5, 0.6) is 0 Å². The standard InChI is InChI=1S/C17H14BrClN4O4/c1-10(21-22-17(25)12-4-2-3-5-13(12)18)8-16(24)20-11-6-7-14(19)15(9-11)23(26)27/h2-7,9H,8H2,1H3,(H,20,24)(H,22,25)/b21-10+. The number of nitro benzene ring substituents is 1. The van der Waals surface area contributed by atoms with Crippen molar-refractivity contribution in [3.63, 3.8) is 0 Å². The first kappa shape index (κ1) is 20.5. The number of nitrogens with one attached hydrogen (secondary N) is 2. The van der Waals surface area contributed by atoms with Gasteiger partial charge in [0.15, 0.2) is 0 Å². The molecule has 2 amide bonds. The molecule has 0 aliphatic carbocycles. The Hall–Kier alpha value is -2.78. The number of anilines is 1. The van der Waals surface area contributed by atoms with E-state index in [9.17, 15) is 19.7 Å². The fourth-order valence-corrected chi connectivity index (χ4v) is 2.71. The van der Waals surface area contributed by atoms with Crippen molar-refractivity contribution in [1.29, 1.82) is 0 Å². The number of hydrogen-bond acceptors (Lipinski definition) is 5. The molecule has 8 nitrogen and oxygen atoms in total. The van der Waals surface area contributed by atoms with Crippen molar-refractivity contribution in [2.24, 2.45) is 5.10 Å². The molecule has 10 heteroatoms. The SMILES string of the molecule is C/C(CC(=O)Nc1ccc(Cl)c([N+](=O)[O-])c1)=N\NC(=O)c1ccccc1Br. The van der Waals surface area contributed by atoms with Crippen molar-refractivity contribution >= 4 is 56.4 Å². The second kappa shape index (κ2) is 9.24. The fraction of sp³-hybridized carbons (Fsp3) is 0.118. The third-order valence-corrected chi connectivity index (χ3v) is 4.32. The lowest BCUT2D eigenvalue weighted by molar-refractivity contribution is -0.384. The molecule has 0 bridgehead atoms. The number of nitro groups is 1. The Bertz CT molecular complexity index is 933. The van der Waals surface area contributed by atoms with Crippen LogP contribution < -0.4 is 10.7 Å². The Morgan fingerprint density at radius 3 is 2.63 bits per heavy atom. The number of nitrogens with zero attached hydrogens (tertiary/aromatic N) is 2. The molecule has 0 aromatic heterocycles. The van der Waals surface area contributed by atoms with E-state index in [0.717, 1.165) is 0 Å². The third-order valence-electron chi connectivity index (χ3n) is 3.31. The van der Waals surface area contributed by atoms with E-state index >= 15 is 0 Å². The number of amides is 2. The van der Waals surface area contributed by atoms with Crippen LogP contribution in [0.1, 0.15) is 23.7 Å². The molecule has 27 heavy (non-hydrogen) atoms. The molecule has 0 spiro atoms. The summed E-state index contributed by atoms with van der Waals surface area (Å²) < 4.78 is 0.623. The zero-order valence-electron chi connectivity index (χ0n) is 14.0. The number of carbonyl (C=O) groups is 2. The quantitative estimate of drug-likeness (QED) is 0.388. The van der Waals surface area contributed by atoms with Crippen molar-refractivity contribution in [2.45, 2.75) is 13.3 Å². The van der Waals surface area contributed by atoms with Gasteiger partial charge in [0, 0.05) is 21.9 Å². The molecule has 140 valence electrons. The molecule has 0 fully saturated rings. The summed E-state index contributed by atoms with van der Waals surface area (Å²) >= 11 is 9.00. The van der Waals surface area contributed by atoms with E-state index in [4.69, 9.17) is 11.6 Å². The first-order valence-electron chi connectivity index (χ1n) is 7.59. The first-order chi connectivity index (χ1) is 12.8. The van der Waals surface area contributed by atoms with Crippen LogP contribution in [0.4, 0.5) is 11.4 Å². The van der Waals surface area contributed by atoms with Gasteiger partial charge in [-0.15, -0.1) is 0 Å². The molecule has 0 saturated carbocycles. The number of hydrazone groups is 1. The Kier molecular flexibility index (Phi) is 7.03. The highest BCUT2D eigenvalue weighted by Crippen LogP contribution is 2.27. The zero-order valence-corrected chi connectivity index (χ0v) is 16.4. The molecule has 2 aromatic rings. The minimum Gasteiger partial charge on any atom is -0.326 e. The van der Waals surface area contributed by atoms with Crippen LogP contribution in [-0.2, 0) is 4.79 Å². The van der Waals surface area contributed by atoms with Crippen molar-refractivity contribution in [1.82, 2.24) is 5.43 Å². The maximum absolute atomic E-state index is 12.1. The summed E-state index contributed by atoms with van der Waals surface area (Å²) in [5, 5.41) is 17.3. The minimum atomic E-state index is -0.637. The third kappa shape index (κ3) is 5.87. The van der Waals surface area contributed by atoms with Crippen LogP contribution in [0, 0.1) is 10.1 Å². The molecule has 2 aromatic carbocycles. The van der Waals surface area contributed by atoms with Gasteiger partial charge in [-0.1, -0.05) is 23.7 Å². The maximum Gasteiger partial charge on any atom is 0.289 e. The lowest BCUT2D eigenvalue weighted by atomic mass is 10.2. The number of rotatable bonds is 6. The molecule has 0 heterocycles. The van der Waals surface area contributed by atoms with Crippen LogP contribution in [0.3, 0.4) is 0 Å². The van der Waals surface area contributed by atoms with Gasteiger partial charge in [-0.25, -0.2) is 5.43 Å². The normalized spacial score (nSPS) is 11.0.